The maximum Gasteiger partial charge on any atom is 0.321 e. The number of nitrogens with one attached hydrogen (secondary N) is 1. The van der Waals surface area contributed by atoms with Crippen LogP contribution in [0.4, 0.5) is 10.5 Å². The van der Waals surface area contributed by atoms with Crippen LogP contribution in [0.25, 0.3) is 0 Å². The lowest BCUT2D eigenvalue weighted by atomic mass is 10.2. The molecule has 0 spiro atoms. The summed E-state index contributed by atoms with van der Waals surface area (Å²) in [7, 11) is 0. The molecule has 6 heteroatoms. The van der Waals surface area contributed by atoms with Crippen LogP contribution in [0, 0.1) is 0 Å². The number of urea groups is 1. The Morgan fingerprint density at radius 1 is 1.25 bits per heavy atom. The molecule has 1 aliphatic rings. The first-order valence-electron chi connectivity index (χ1n) is 6.72. The molecule has 3 N–H and O–H groups in total. The van der Waals surface area contributed by atoms with E-state index in [0.29, 0.717) is 18.1 Å². The monoisotopic (exact) mass is 292 g/mol. The van der Waals surface area contributed by atoms with Gasteiger partial charge in [-0.25, -0.2) is 4.79 Å². The molecule has 1 heterocycles. The van der Waals surface area contributed by atoms with Gasteiger partial charge in [0, 0.05) is 31.9 Å². The summed E-state index contributed by atoms with van der Waals surface area (Å²) in [5, 5.41) is 2.90. The van der Waals surface area contributed by atoms with Gasteiger partial charge in [-0.1, -0.05) is 30.4 Å². The Balaban J connectivity index is 1.84. The first-order chi connectivity index (χ1) is 9.58. The van der Waals surface area contributed by atoms with Gasteiger partial charge in [0.15, 0.2) is 0 Å². The number of thiocarbonyl (C=S) groups is 1. The fraction of sp³-hybridized carbons (Fsp3) is 0.429. The molecule has 2 amide bonds. The van der Waals surface area contributed by atoms with Crippen LogP contribution in [0.1, 0.15) is 6.92 Å². The van der Waals surface area contributed by atoms with Crippen LogP contribution >= 0.6 is 12.2 Å². The van der Waals surface area contributed by atoms with Crippen molar-refractivity contribution in [3.05, 3.63) is 30.3 Å². The SMILES string of the molecule is CC(C(N)=S)N1CCN(C(=O)Nc2ccccc2)CC1. The number of anilines is 1. The summed E-state index contributed by atoms with van der Waals surface area (Å²) in [5.74, 6) is 0. The van der Waals surface area contributed by atoms with E-state index in [2.05, 4.69) is 10.2 Å². The Bertz CT molecular complexity index is 471. The molecule has 5 nitrogen and oxygen atoms in total. The summed E-state index contributed by atoms with van der Waals surface area (Å²) < 4.78 is 0. The number of hydrogen-bond donors (Lipinski definition) is 2. The topological polar surface area (TPSA) is 61.6 Å². The van der Waals surface area contributed by atoms with Gasteiger partial charge in [0.25, 0.3) is 0 Å². The van der Waals surface area contributed by atoms with Crippen molar-refractivity contribution in [2.24, 2.45) is 5.73 Å². The zero-order chi connectivity index (χ0) is 14.5. The summed E-state index contributed by atoms with van der Waals surface area (Å²) in [6, 6.07) is 9.51. The molecule has 0 aromatic heterocycles. The van der Waals surface area contributed by atoms with E-state index in [1.54, 1.807) is 0 Å². The molecule has 2 rings (SSSR count). The molecule has 1 unspecified atom stereocenters. The predicted molar refractivity (Wildman–Crippen MR) is 84.9 cm³/mol. The minimum absolute atomic E-state index is 0.0566. The Morgan fingerprint density at radius 2 is 1.85 bits per heavy atom. The number of carbonyl (C=O) groups excluding carboxylic acids is 1. The first-order valence-corrected chi connectivity index (χ1v) is 7.13. The molecule has 108 valence electrons. The van der Waals surface area contributed by atoms with Crippen molar-refractivity contribution >= 4 is 28.9 Å². The maximum absolute atomic E-state index is 12.1. The zero-order valence-electron chi connectivity index (χ0n) is 11.6. The summed E-state index contributed by atoms with van der Waals surface area (Å²) in [4.78, 5) is 16.6. The molecule has 1 saturated heterocycles. The Hall–Kier alpha value is -1.66. The van der Waals surface area contributed by atoms with Crippen molar-refractivity contribution in [2.75, 3.05) is 31.5 Å². The molecule has 1 aliphatic heterocycles. The average molecular weight is 292 g/mol. The number of carbonyl (C=O) groups is 1. The van der Waals surface area contributed by atoms with Crippen molar-refractivity contribution in [1.29, 1.82) is 0 Å². The molecular weight excluding hydrogens is 272 g/mol. The number of hydrogen-bond acceptors (Lipinski definition) is 3. The molecule has 0 radical (unpaired) electrons. The highest BCUT2D eigenvalue weighted by Gasteiger charge is 2.24. The Labute approximate surface area is 124 Å². The second-order valence-electron chi connectivity index (χ2n) is 4.90. The number of benzene rings is 1. The van der Waals surface area contributed by atoms with Crippen LogP contribution in [-0.2, 0) is 0 Å². The van der Waals surface area contributed by atoms with Gasteiger partial charge in [-0.3, -0.25) is 4.90 Å². The van der Waals surface area contributed by atoms with E-state index in [1.165, 1.54) is 0 Å². The number of piperazine rings is 1. The summed E-state index contributed by atoms with van der Waals surface area (Å²) >= 11 is 5.01. The standard InChI is InChI=1S/C14H20N4OS/c1-11(13(15)20)17-7-9-18(10-8-17)14(19)16-12-5-3-2-4-6-12/h2-6,11H,7-10H2,1H3,(H2,15,20)(H,16,19). The van der Waals surface area contributed by atoms with Crippen molar-refractivity contribution in [1.82, 2.24) is 9.80 Å². The van der Waals surface area contributed by atoms with Gasteiger partial charge in [0.05, 0.1) is 11.0 Å². The molecule has 0 saturated carbocycles. The predicted octanol–water partition coefficient (Wildman–Crippen LogP) is 1.51. The third-order valence-electron chi connectivity index (χ3n) is 3.59. The zero-order valence-corrected chi connectivity index (χ0v) is 12.4. The van der Waals surface area contributed by atoms with Crippen LogP contribution in [0.3, 0.4) is 0 Å². The number of nitrogens with zero attached hydrogens (tertiary/aromatic N) is 2. The molecule has 0 aliphatic carbocycles. The van der Waals surface area contributed by atoms with E-state index >= 15 is 0 Å². The lowest BCUT2D eigenvalue weighted by molar-refractivity contribution is 0.139. The summed E-state index contributed by atoms with van der Waals surface area (Å²) in [5.41, 5.74) is 6.48. The Kier molecular flexibility index (Phi) is 4.92. The maximum atomic E-state index is 12.1. The highest BCUT2D eigenvalue weighted by atomic mass is 32.1. The third kappa shape index (κ3) is 3.68. The quantitative estimate of drug-likeness (QED) is 0.829. The normalized spacial score (nSPS) is 17.6. The largest absolute Gasteiger partial charge is 0.392 e. The average Bonchev–Trinajstić information content (AvgIpc) is 2.47. The fourth-order valence-corrected chi connectivity index (χ4v) is 2.37. The summed E-state index contributed by atoms with van der Waals surface area (Å²) in [6.07, 6.45) is 0. The van der Waals surface area contributed by atoms with E-state index in [1.807, 2.05) is 42.2 Å². The van der Waals surface area contributed by atoms with Crippen molar-refractivity contribution in [3.63, 3.8) is 0 Å². The lowest BCUT2D eigenvalue weighted by Gasteiger charge is -2.37. The highest BCUT2D eigenvalue weighted by Crippen LogP contribution is 2.10. The number of amides is 2. The molecule has 1 atom stereocenters. The van der Waals surface area contributed by atoms with Crippen molar-refractivity contribution < 1.29 is 4.79 Å². The van der Waals surface area contributed by atoms with Crippen LogP contribution in [0.2, 0.25) is 0 Å². The summed E-state index contributed by atoms with van der Waals surface area (Å²) in [6.45, 7) is 4.96. The lowest BCUT2D eigenvalue weighted by Crippen LogP contribution is -2.54. The van der Waals surface area contributed by atoms with Gasteiger partial charge < -0.3 is 16.0 Å². The van der Waals surface area contributed by atoms with E-state index < -0.39 is 0 Å². The first kappa shape index (κ1) is 14.7. The second-order valence-corrected chi connectivity index (χ2v) is 5.37. The molecule has 1 fully saturated rings. The van der Waals surface area contributed by atoms with Crippen molar-refractivity contribution in [3.8, 4) is 0 Å². The molecular formula is C14H20N4OS. The minimum atomic E-state index is -0.0566. The molecule has 1 aromatic rings. The number of para-hydroxylation sites is 1. The molecule has 20 heavy (non-hydrogen) atoms. The van der Waals surface area contributed by atoms with E-state index in [9.17, 15) is 4.79 Å². The van der Waals surface area contributed by atoms with Crippen LogP contribution < -0.4 is 11.1 Å². The second kappa shape index (κ2) is 6.67. The van der Waals surface area contributed by atoms with Gasteiger partial charge >= 0.3 is 6.03 Å². The number of nitrogens with two attached hydrogens (primary N) is 1. The van der Waals surface area contributed by atoms with E-state index in [0.717, 1.165) is 18.8 Å². The smallest absolute Gasteiger partial charge is 0.321 e. The highest BCUT2D eigenvalue weighted by molar-refractivity contribution is 7.80. The molecule has 0 bridgehead atoms. The van der Waals surface area contributed by atoms with Crippen LogP contribution in [0.5, 0.6) is 0 Å². The third-order valence-corrected chi connectivity index (χ3v) is 3.93. The van der Waals surface area contributed by atoms with Crippen LogP contribution in [-0.4, -0.2) is 53.0 Å². The van der Waals surface area contributed by atoms with Gasteiger partial charge in [-0.15, -0.1) is 0 Å². The number of rotatable bonds is 3. The van der Waals surface area contributed by atoms with Gasteiger partial charge in [-0.2, -0.15) is 0 Å². The Morgan fingerprint density at radius 3 is 2.40 bits per heavy atom. The molecule has 1 aromatic carbocycles. The van der Waals surface area contributed by atoms with Gasteiger partial charge in [-0.05, 0) is 19.1 Å². The van der Waals surface area contributed by atoms with Gasteiger partial charge in [0.2, 0.25) is 0 Å². The minimum Gasteiger partial charge on any atom is -0.392 e. The van der Waals surface area contributed by atoms with E-state index in [-0.39, 0.29) is 12.1 Å². The van der Waals surface area contributed by atoms with E-state index in [4.69, 9.17) is 18.0 Å². The van der Waals surface area contributed by atoms with Gasteiger partial charge in [0.1, 0.15) is 0 Å². The fourth-order valence-electron chi connectivity index (χ4n) is 2.22. The van der Waals surface area contributed by atoms with Crippen LogP contribution in [0.15, 0.2) is 30.3 Å². The van der Waals surface area contributed by atoms with Crippen molar-refractivity contribution in [2.45, 2.75) is 13.0 Å².